The molecule has 1 aliphatic heterocycles. The number of hydrogen-bond acceptors (Lipinski definition) is 2. The lowest BCUT2D eigenvalue weighted by Crippen LogP contribution is -2.38. The molecule has 2 unspecified atom stereocenters. The summed E-state index contributed by atoms with van der Waals surface area (Å²) in [5.41, 5.74) is 0. The van der Waals surface area contributed by atoms with Crippen LogP contribution in [0.5, 0.6) is 0 Å². The minimum absolute atomic E-state index is 0.0184. The molecule has 1 heterocycles. The van der Waals surface area contributed by atoms with Crippen molar-refractivity contribution in [3.8, 4) is 0 Å². The predicted octanol–water partition coefficient (Wildman–Crippen LogP) is 0.296. The molecule has 2 atom stereocenters. The van der Waals surface area contributed by atoms with E-state index in [0.29, 0.717) is 6.04 Å². The van der Waals surface area contributed by atoms with Crippen molar-refractivity contribution < 1.29 is 4.39 Å². The van der Waals surface area contributed by atoms with E-state index >= 15 is 0 Å². The molecule has 1 rings (SSSR count). The Hall–Kier alpha value is -0.150. The van der Waals surface area contributed by atoms with Gasteiger partial charge in [0.1, 0.15) is 6.67 Å². The van der Waals surface area contributed by atoms with Crippen LogP contribution >= 0.6 is 0 Å². The maximum atomic E-state index is 12.0. The summed E-state index contributed by atoms with van der Waals surface area (Å²) in [6, 6.07) is 0.510. The molecule has 0 aliphatic carbocycles. The third-order valence-electron chi connectivity index (χ3n) is 1.81. The van der Waals surface area contributed by atoms with Crippen molar-refractivity contribution in [2.45, 2.75) is 25.4 Å². The van der Waals surface area contributed by atoms with Crippen molar-refractivity contribution in [3.63, 3.8) is 0 Å². The fraction of sp³-hybridized carbons (Fsp3) is 1.00. The fourth-order valence-electron chi connectivity index (χ4n) is 1.24. The summed E-state index contributed by atoms with van der Waals surface area (Å²) >= 11 is 0. The third-order valence-corrected chi connectivity index (χ3v) is 1.81. The first-order chi connectivity index (χ1) is 4.83. The Morgan fingerprint density at radius 3 is 3.10 bits per heavy atom. The van der Waals surface area contributed by atoms with Crippen LogP contribution in [0.4, 0.5) is 4.39 Å². The zero-order valence-electron chi connectivity index (χ0n) is 6.36. The summed E-state index contributed by atoms with van der Waals surface area (Å²) in [4.78, 5) is 0. The maximum absolute atomic E-state index is 12.0. The molecule has 0 spiro atoms. The van der Waals surface area contributed by atoms with Gasteiger partial charge in [0.15, 0.2) is 0 Å². The highest BCUT2D eigenvalue weighted by Gasteiger charge is 2.15. The van der Waals surface area contributed by atoms with Gasteiger partial charge in [0.25, 0.3) is 0 Å². The van der Waals surface area contributed by atoms with Gasteiger partial charge in [-0.05, 0) is 19.9 Å². The second kappa shape index (κ2) is 3.88. The van der Waals surface area contributed by atoms with Crippen LogP contribution in [-0.4, -0.2) is 31.8 Å². The number of hydrogen-bond donors (Lipinski definition) is 2. The first-order valence-electron chi connectivity index (χ1n) is 3.85. The molecule has 0 radical (unpaired) electrons. The fourth-order valence-corrected chi connectivity index (χ4v) is 1.24. The lowest BCUT2D eigenvalue weighted by Gasteiger charge is -2.14. The van der Waals surface area contributed by atoms with E-state index < -0.39 is 0 Å². The first-order valence-corrected chi connectivity index (χ1v) is 3.85. The average molecular weight is 146 g/mol. The Balaban J connectivity index is 2.11. The highest BCUT2D eigenvalue weighted by Crippen LogP contribution is 1.98. The van der Waals surface area contributed by atoms with Crippen molar-refractivity contribution >= 4 is 0 Å². The van der Waals surface area contributed by atoms with E-state index in [1.807, 2.05) is 6.92 Å². The Kier molecular flexibility index (Phi) is 3.09. The summed E-state index contributed by atoms with van der Waals surface area (Å²) in [7, 11) is 0. The third kappa shape index (κ3) is 2.23. The molecule has 60 valence electrons. The van der Waals surface area contributed by atoms with E-state index in [4.69, 9.17) is 0 Å². The summed E-state index contributed by atoms with van der Waals surface area (Å²) in [6.07, 6.45) is 1.13. The van der Waals surface area contributed by atoms with Gasteiger partial charge >= 0.3 is 0 Å². The Morgan fingerprint density at radius 2 is 2.60 bits per heavy atom. The molecule has 0 amide bonds. The Bertz CT molecular complexity index is 91.6. The van der Waals surface area contributed by atoms with Crippen LogP contribution in [-0.2, 0) is 0 Å². The summed E-state index contributed by atoms with van der Waals surface area (Å²) in [5.74, 6) is 0. The molecule has 1 saturated heterocycles. The van der Waals surface area contributed by atoms with Crippen LogP contribution in [0.1, 0.15) is 13.3 Å². The molecule has 0 saturated carbocycles. The minimum atomic E-state index is -0.267. The molecule has 1 aliphatic rings. The molecular formula is C7H15FN2. The predicted molar refractivity (Wildman–Crippen MR) is 39.8 cm³/mol. The number of halogens is 1. The molecule has 0 aromatic rings. The lowest BCUT2D eigenvalue weighted by molar-refractivity contribution is 0.364. The SMILES string of the molecule is CC(CF)NC1CCNC1. The number of rotatable bonds is 3. The van der Waals surface area contributed by atoms with E-state index in [0.717, 1.165) is 19.5 Å². The summed E-state index contributed by atoms with van der Waals surface area (Å²) in [5, 5.41) is 6.41. The molecular weight excluding hydrogens is 131 g/mol. The molecule has 0 aromatic heterocycles. The Morgan fingerprint density at radius 1 is 1.80 bits per heavy atom. The maximum Gasteiger partial charge on any atom is 0.104 e. The van der Waals surface area contributed by atoms with Crippen molar-refractivity contribution in [1.29, 1.82) is 0 Å². The van der Waals surface area contributed by atoms with Gasteiger partial charge in [-0.3, -0.25) is 0 Å². The molecule has 10 heavy (non-hydrogen) atoms. The van der Waals surface area contributed by atoms with Gasteiger partial charge in [-0.15, -0.1) is 0 Å². The lowest BCUT2D eigenvalue weighted by atomic mass is 10.2. The average Bonchev–Trinajstić information content (AvgIpc) is 2.40. The van der Waals surface area contributed by atoms with Crippen molar-refractivity contribution in [2.24, 2.45) is 0 Å². The van der Waals surface area contributed by atoms with Crippen LogP contribution in [0.2, 0.25) is 0 Å². The molecule has 0 aromatic carbocycles. The number of alkyl halides is 1. The van der Waals surface area contributed by atoms with E-state index in [-0.39, 0.29) is 12.7 Å². The van der Waals surface area contributed by atoms with Crippen molar-refractivity contribution in [1.82, 2.24) is 10.6 Å². The molecule has 2 N–H and O–H groups in total. The summed E-state index contributed by atoms with van der Waals surface area (Å²) < 4.78 is 12.0. The van der Waals surface area contributed by atoms with E-state index in [1.54, 1.807) is 0 Å². The molecule has 1 fully saturated rings. The van der Waals surface area contributed by atoms with Gasteiger partial charge in [0, 0.05) is 18.6 Å². The first kappa shape index (κ1) is 7.95. The second-order valence-electron chi connectivity index (χ2n) is 2.91. The molecule has 2 nitrogen and oxygen atoms in total. The van der Waals surface area contributed by atoms with Crippen LogP contribution < -0.4 is 10.6 Å². The standard InChI is InChI=1S/C7H15FN2/c1-6(4-8)10-7-2-3-9-5-7/h6-7,9-10H,2-5H2,1H3. The monoisotopic (exact) mass is 146 g/mol. The van der Waals surface area contributed by atoms with Gasteiger partial charge in [-0.2, -0.15) is 0 Å². The second-order valence-corrected chi connectivity index (χ2v) is 2.91. The van der Waals surface area contributed by atoms with Gasteiger partial charge in [0.2, 0.25) is 0 Å². The highest BCUT2D eigenvalue weighted by molar-refractivity contribution is 4.79. The minimum Gasteiger partial charge on any atom is -0.315 e. The van der Waals surface area contributed by atoms with Gasteiger partial charge in [0.05, 0.1) is 0 Å². The topological polar surface area (TPSA) is 24.1 Å². The quantitative estimate of drug-likeness (QED) is 0.598. The molecule has 0 bridgehead atoms. The molecule has 3 heteroatoms. The number of nitrogens with one attached hydrogen (secondary N) is 2. The van der Waals surface area contributed by atoms with E-state index in [1.165, 1.54) is 0 Å². The van der Waals surface area contributed by atoms with Gasteiger partial charge in [-0.1, -0.05) is 0 Å². The van der Waals surface area contributed by atoms with E-state index in [9.17, 15) is 4.39 Å². The highest BCUT2D eigenvalue weighted by atomic mass is 19.1. The Labute approximate surface area is 61.2 Å². The smallest absolute Gasteiger partial charge is 0.104 e. The van der Waals surface area contributed by atoms with Gasteiger partial charge in [-0.25, -0.2) is 4.39 Å². The van der Waals surface area contributed by atoms with Crippen molar-refractivity contribution in [2.75, 3.05) is 19.8 Å². The van der Waals surface area contributed by atoms with Crippen LogP contribution in [0.3, 0.4) is 0 Å². The van der Waals surface area contributed by atoms with Crippen LogP contribution in [0.15, 0.2) is 0 Å². The van der Waals surface area contributed by atoms with Crippen LogP contribution in [0, 0.1) is 0 Å². The van der Waals surface area contributed by atoms with Crippen molar-refractivity contribution in [3.05, 3.63) is 0 Å². The summed E-state index contributed by atoms with van der Waals surface area (Å²) in [6.45, 7) is 3.66. The van der Waals surface area contributed by atoms with Gasteiger partial charge < -0.3 is 10.6 Å². The van der Waals surface area contributed by atoms with Crippen LogP contribution in [0.25, 0.3) is 0 Å². The van der Waals surface area contributed by atoms with E-state index in [2.05, 4.69) is 10.6 Å². The normalized spacial score (nSPS) is 28.8. The zero-order valence-corrected chi connectivity index (χ0v) is 6.36. The largest absolute Gasteiger partial charge is 0.315 e. The zero-order chi connectivity index (χ0) is 7.40.